The molecule has 0 bridgehead atoms. The summed E-state index contributed by atoms with van der Waals surface area (Å²) in [5.41, 5.74) is 2.90. The lowest BCUT2D eigenvalue weighted by Gasteiger charge is -2.30. The van der Waals surface area contributed by atoms with E-state index in [1.165, 1.54) is 0 Å². The predicted molar refractivity (Wildman–Crippen MR) is 220 cm³/mol. The Labute approximate surface area is 342 Å². The van der Waals surface area contributed by atoms with E-state index < -0.39 is 41.9 Å². The number of nitrogens with one attached hydrogen (secondary N) is 2. The summed E-state index contributed by atoms with van der Waals surface area (Å²) in [4.78, 5) is 32.0. The number of benzene rings is 3. The number of amides is 2. The molecule has 3 aliphatic rings. The first-order valence-electron chi connectivity index (χ1n) is 20.8. The van der Waals surface area contributed by atoms with Crippen molar-refractivity contribution in [3.63, 3.8) is 0 Å². The minimum Gasteiger partial charge on any atom is -0.492 e. The van der Waals surface area contributed by atoms with E-state index >= 15 is 0 Å². The summed E-state index contributed by atoms with van der Waals surface area (Å²) >= 11 is 0. The number of hydrogen-bond acceptors (Lipinski definition) is 11. The molecule has 1 aliphatic carbocycles. The Morgan fingerprint density at radius 2 is 1.33 bits per heavy atom. The van der Waals surface area contributed by atoms with E-state index in [1.54, 1.807) is 20.8 Å². The minimum atomic E-state index is -1.13. The average molecular weight is 803 g/mol. The highest BCUT2D eigenvalue weighted by molar-refractivity contribution is 5.80. The summed E-state index contributed by atoms with van der Waals surface area (Å²) in [6, 6.07) is 21.7. The molecule has 13 nitrogen and oxygen atoms in total. The summed E-state index contributed by atoms with van der Waals surface area (Å²) in [5.74, 6) is 0.475. The second-order valence-corrected chi connectivity index (χ2v) is 16.5. The molecule has 58 heavy (non-hydrogen) atoms. The Bertz CT molecular complexity index is 1720. The van der Waals surface area contributed by atoms with Gasteiger partial charge in [0.25, 0.3) is 0 Å². The van der Waals surface area contributed by atoms with Crippen molar-refractivity contribution in [1.29, 1.82) is 0 Å². The van der Waals surface area contributed by atoms with Gasteiger partial charge in [0.1, 0.15) is 30.3 Å². The van der Waals surface area contributed by atoms with Crippen molar-refractivity contribution in [2.45, 2.75) is 76.3 Å². The number of carbonyl (C=O) groups excluding carboxylic acids is 2. The lowest BCUT2D eigenvalue weighted by atomic mass is 9.88. The summed E-state index contributed by atoms with van der Waals surface area (Å²) in [7, 11) is 0. The summed E-state index contributed by atoms with van der Waals surface area (Å²) < 4.78 is 28.5. The van der Waals surface area contributed by atoms with Gasteiger partial charge in [-0.3, -0.25) is 14.6 Å². The van der Waals surface area contributed by atoms with E-state index in [4.69, 9.17) is 23.7 Å². The second-order valence-electron chi connectivity index (χ2n) is 16.5. The summed E-state index contributed by atoms with van der Waals surface area (Å²) in [5, 5.41) is 29.0. The van der Waals surface area contributed by atoms with Crippen LogP contribution in [0.25, 0.3) is 0 Å². The van der Waals surface area contributed by atoms with E-state index in [-0.39, 0.29) is 18.7 Å². The van der Waals surface area contributed by atoms with Crippen molar-refractivity contribution >= 4 is 12.0 Å². The van der Waals surface area contributed by atoms with Crippen molar-refractivity contribution in [1.82, 2.24) is 20.4 Å². The minimum absolute atomic E-state index is 0.0390. The number of ether oxygens (including phenoxy) is 5. The Balaban J connectivity index is 1.14. The first-order chi connectivity index (χ1) is 28.0. The van der Waals surface area contributed by atoms with Gasteiger partial charge in [0, 0.05) is 51.6 Å². The number of nitrogens with zero attached hydrogens (tertiary/aromatic N) is 2. The Hall–Kier alpha value is -4.24. The largest absolute Gasteiger partial charge is 0.492 e. The molecule has 2 fully saturated rings. The Morgan fingerprint density at radius 3 is 1.88 bits per heavy atom. The highest BCUT2D eigenvalue weighted by Gasteiger charge is 2.35. The van der Waals surface area contributed by atoms with Gasteiger partial charge in [-0.25, -0.2) is 4.79 Å². The van der Waals surface area contributed by atoms with Crippen LogP contribution in [0, 0.1) is 5.92 Å². The maximum Gasteiger partial charge on any atom is 0.407 e. The number of alkyl carbamates (subject to hydrolysis) is 1. The molecular formula is C45H62N4O9. The normalized spacial score (nSPS) is 20.4. The van der Waals surface area contributed by atoms with Gasteiger partial charge < -0.3 is 44.5 Å². The molecule has 2 heterocycles. The third-order valence-electron chi connectivity index (χ3n) is 10.9. The smallest absolute Gasteiger partial charge is 0.407 e. The number of morpholine rings is 2. The molecule has 0 saturated carbocycles. The van der Waals surface area contributed by atoms with Crippen LogP contribution in [0.15, 0.2) is 72.8 Å². The maximum atomic E-state index is 14.3. The number of fused-ring (bicyclic) bond motifs is 1. The first kappa shape index (κ1) is 43.3. The van der Waals surface area contributed by atoms with Crippen LogP contribution in [0.3, 0.4) is 0 Å². The van der Waals surface area contributed by atoms with E-state index in [1.807, 2.05) is 72.8 Å². The molecule has 3 aromatic carbocycles. The monoisotopic (exact) mass is 802 g/mol. The first-order valence-corrected chi connectivity index (χ1v) is 20.8. The molecule has 316 valence electrons. The zero-order chi connectivity index (χ0) is 40.9. The van der Waals surface area contributed by atoms with Gasteiger partial charge in [-0.1, -0.05) is 48.5 Å². The van der Waals surface area contributed by atoms with Gasteiger partial charge in [-0.2, -0.15) is 0 Å². The van der Waals surface area contributed by atoms with Gasteiger partial charge >= 0.3 is 6.09 Å². The predicted octanol–water partition coefficient (Wildman–Crippen LogP) is 3.93. The maximum absolute atomic E-state index is 14.3. The third-order valence-corrected chi connectivity index (χ3v) is 10.9. The van der Waals surface area contributed by atoms with Crippen LogP contribution in [0.5, 0.6) is 11.5 Å². The second kappa shape index (κ2) is 21.1. The lowest BCUT2D eigenvalue weighted by molar-refractivity contribution is -0.127. The van der Waals surface area contributed by atoms with Crippen LogP contribution < -0.4 is 20.1 Å². The van der Waals surface area contributed by atoms with Crippen LogP contribution in [0.2, 0.25) is 0 Å². The molecule has 0 aromatic heterocycles. The fourth-order valence-electron chi connectivity index (χ4n) is 7.72. The van der Waals surface area contributed by atoms with Gasteiger partial charge in [0.15, 0.2) is 0 Å². The molecule has 13 heteroatoms. The van der Waals surface area contributed by atoms with Crippen LogP contribution >= 0.6 is 0 Å². The number of aliphatic hydroxyl groups excluding tert-OH is 2. The molecule has 0 unspecified atom stereocenters. The number of carbonyl (C=O) groups is 2. The SMILES string of the molecule is CC(C)(C)OC(=O)N[C@@H](Cc1ccc(OCCN2CCOCC2)cc1)[C@@H](O)C[C@H](Cc1ccc(OCCN2CCOCC2)cc1)C(=O)N[C@H]1c2ccccc2C[C@H]1O. The highest BCUT2D eigenvalue weighted by Crippen LogP contribution is 2.32. The molecule has 4 N–H and O–H groups in total. The molecule has 2 amide bonds. The van der Waals surface area contributed by atoms with Crippen molar-refractivity contribution in [3.8, 4) is 11.5 Å². The summed E-state index contributed by atoms with van der Waals surface area (Å²) in [6.45, 7) is 14.6. The highest BCUT2D eigenvalue weighted by atomic mass is 16.6. The van der Waals surface area contributed by atoms with Crippen molar-refractivity contribution in [2.24, 2.45) is 5.92 Å². The number of hydrogen-bond donors (Lipinski definition) is 4. The van der Waals surface area contributed by atoms with Crippen molar-refractivity contribution in [3.05, 3.63) is 95.1 Å². The van der Waals surface area contributed by atoms with Gasteiger partial charge in [0.05, 0.1) is 50.7 Å². The molecule has 6 rings (SSSR count). The molecule has 2 saturated heterocycles. The van der Waals surface area contributed by atoms with Crippen LogP contribution in [0.4, 0.5) is 4.79 Å². The van der Waals surface area contributed by atoms with E-state index in [9.17, 15) is 19.8 Å². The number of rotatable bonds is 18. The van der Waals surface area contributed by atoms with Crippen LogP contribution in [0.1, 0.15) is 55.5 Å². The Kier molecular flexibility index (Phi) is 15.8. The van der Waals surface area contributed by atoms with Gasteiger partial charge in [0.2, 0.25) is 5.91 Å². The molecular weight excluding hydrogens is 741 g/mol. The van der Waals surface area contributed by atoms with Gasteiger partial charge in [-0.15, -0.1) is 0 Å². The molecule has 5 atom stereocenters. The molecule has 0 spiro atoms. The van der Waals surface area contributed by atoms with Crippen molar-refractivity contribution < 1.29 is 43.5 Å². The zero-order valence-corrected chi connectivity index (χ0v) is 34.3. The van der Waals surface area contributed by atoms with E-state index in [0.717, 1.165) is 99.4 Å². The lowest BCUT2D eigenvalue weighted by Crippen LogP contribution is -2.48. The third kappa shape index (κ3) is 13.4. The average Bonchev–Trinajstić information content (AvgIpc) is 3.52. The van der Waals surface area contributed by atoms with Gasteiger partial charge in [-0.05, 0) is 86.6 Å². The molecule has 3 aromatic rings. The van der Waals surface area contributed by atoms with Crippen molar-refractivity contribution in [2.75, 3.05) is 78.9 Å². The zero-order valence-electron chi connectivity index (χ0n) is 34.3. The Morgan fingerprint density at radius 1 is 0.793 bits per heavy atom. The molecule has 2 aliphatic heterocycles. The standard InChI is InChI=1S/C45H62N4O9/c1-45(2,3)58-44(53)46-39(29-33-10-14-37(15-11-33)57-27-21-49-18-24-55-25-19-49)40(50)31-35(43(52)47-42-38-7-5-4-6-34(38)30-41(42)51)28-32-8-12-36(13-9-32)56-26-20-48-16-22-54-23-17-48/h4-15,35,39-42,50-51H,16-31H2,1-3H3,(H,46,53)(H,47,52)/t35-,39-,40-,41+,42-/m0/s1. The molecule has 0 radical (unpaired) electrons. The fraction of sp³-hybridized carbons (Fsp3) is 0.556. The quantitative estimate of drug-likeness (QED) is 0.148. The summed E-state index contributed by atoms with van der Waals surface area (Å²) in [6.07, 6.45) is -1.47. The topological polar surface area (TPSA) is 151 Å². The van der Waals surface area contributed by atoms with Crippen LogP contribution in [-0.2, 0) is 38.3 Å². The van der Waals surface area contributed by atoms with E-state index in [0.29, 0.717) is 26.1 Å². The van der Waals surface area contributed by atoms with E-state index in [2.05, 4.69) is 20.4 Å². The number of aliphatic hydroxyl groups is 2. The fourth-order valence-corrected chi connectivity index (χ4v) is 7.72. The van der Waals surface area contributed by atoms with Crippen LogP contribution in [-0.4, -0.2) is 135 Å².